The topological polar surface area (TPSA) is 58.1 Å². The molecule has 2 aromatic rings. The Balaban J connectivity index is 2.28. The molecule has 0 aliphatic rings. The van der Waals surface area contributed by atoms with Gasteiger partial charge >= 0.3 is 6.36 Å². The van der Waals surface area contributed by atoms with Crippen molar-refractivity contribution in [1.29, 1.82) is 0 Å². The number of alkyl halides is 3. The molecule has 1 aromatic carbocycles. The molecule has 1 aromatic heterocycles. The number of aliphatic hydroxyl groups excluding tert-OH is 1. The Morgan fingerprint density at radius 1 is 1.37 bits per heavy atom. The van der Waals surface area contributed by atoms with E-state index in [0.717, 1.165) is 6.07 Å². The minimum absolute atomic E-state index is 0.184. The summed E-state index contributed by atoms with van der Waals surface area (Å²) >= 11 is 5.71. The number of aromatic amines is 1. The molecule has 0 saturated carbocycles. The summed E-state index contributed by atoms with van der Waals surface area (Å²) in [4.78, 5) is 6.76. The van der Waals surface area contributed by atoms with E-state index >= 15 is 0 Å². The van der Waals surface area contributed by atoms with Crippen LogP contribution in [-0.4, -0.2) is 21.4 Å². The molecule has 102 valence electrons. The first-order valence-electron chi connectivity index (χ1n) is 5.09. The van der Waals surface area contributed by atoms with Crippen LogP contribution < -0.4 is 4.74 Å². The Morgan fingerprint density at radius 2 is 2.11 bits per heavy atom. The fraction of sp³-hybridized carbons (Fsp3) is 0.182. The van der Waals surface area contributed by atoms with E-state index in [2.05, 4.69) is 14.7 Å². The van der Waals surface area contributed by atoms with Crippen molar-refractivity contribution in [3.8, 4) is 17.1 Å². The Hall–Kier alpha value is -1.73. The van der Waals surface area contributed by atoms with Gasteiger partial charge in [0.2, 0.25) is 0 Å². The summed E-state index contributed by atoms with van der Waals surface area (Å²) in [5.41, 5.74) is 0.973. The molecule has 0 fully saturated rings. The lowest BCUT2D eigenvalue weighted by Gasteiger charge is -2.10. The van der Waals surface area contributed by atoms with Crippen LogP contribution in [0.15, 0.2) is 24.4 Å². The van der Waals surface area contributed by atoms with E-state index < -0.39 is 12.1 Å². The Labute approximate surface area is 110 Å². The van der Waals surface area contributed by atoms with Gasteiger partial charge in [-0.2, -0.15) is 0 Å². The summed E-state index contributed by atoms with van der Waals surface area (Å²) < 4.78 is 39.9. The first-order chi connectivity index (χ1) is 8.89. The summed E-state index contributed by atoms with van der Waals surface area (Å²) in [7, 11) is 0. The zero-order chi connectivity index (χ0) is 14.0. The number of rotatable bonds is 3. The molecule has 19 heavy (non-hydrogen) atoms. The third-order valence-electron chi connectivity index (χ3n) is 2.23. The number of nitrogens with zero attached hydrogens (tertiary/aromatic N) is 1. The monoisotopic (exact) mass is 292 g/mol. The number of ether oxygens (including phenoxy) is 1. The second-order valence-corrected chi connectivity index (χ2v) is 4.02. The molecular weight excluding hydrogens is 285 g/mol. The van der Waals surface area contributed by atoms with Gasteiger partial charge in [0.1, 0.15) is 11.6 Å². The van der Waals surface area contributed by atoms with E-state index in [1.54, 1.807) is 0 Å². The molecular formula is C11H8ClF3N2O2. The molecule has 0 unspecified atom stereocenters. The third-order valence-corrected chi connectivity index (χ3v) is 2.53. The number of nitrogens with one attached hydrogen (secondary N) is 1. The van der Waals surface area contributed by atoms with Gasteiger partial charge in [-0.05, 0) is 18.2 Å². The predicted octanol–water partition coefficient (Wildman–Crippen LogP) is 3.12. The third kappa shape index (κ3) is 3.39. The average Bonchev–Trinajstić information content (AvgIpc) is 2.79. The van der Waals surface area contributed by atoms with Crippen LogP contribution in [0.5, 0.6) is 5.75 Å². The summed E-state index contributed by atoms with van der Waals surface area (Å²) in [6, 6.07) is 3.78. The normalized spacial score (nSPS) is 11.6. The van der Waals surface area contributed by atoms with Crippen LogP contribution in [0.3, 0.4) is 0 Å². The number of imidazole rings is 1. The number of halogens is 4. The summed E-state index contributed by atoms with van der Waals surface area (Å²) in [6.07, 6.45) is -3.37. The maximum absolute atomic E-state index is 12.1. The standard InChI is InChI=1S/C11H8ClF3N2O2/c12-8-3-6(10-16-4-7(5-18)17-10)1-2-9(8)19-11(13,14)15/h1-4,18H,5H2,(H,16,17). The van der Waals surface area contributed by atoms with Gasteiger partial charge < -0.3 is 14.8 Å². The zero-order valence-electron chi connectivity index (χ0n) is 9.33. The van der Waals surface area contributed by atoms with Crippen molar-refractivity contribution in [3.05, 3.63) is 35.1 Å². The van der Waals surface area contributed by atoms with Crippen LogP contribution in [0.2, 0.25) is 5.02 Å². The molecule has 0 radical (unpaired) electrons. The largest absolute Gasteiger partial charge is 0.573 e. The summed E-state index contributed by atoms with van der Waals surface area (Å²) in [5, 5.41) is 8.70. The summed E-state index contributed by atoms with van der Waals surface area (Å²) in [6.45, 7) is -0.212. The van der Waals surface area contributed by atoms with Crippen molar-refractivity contribution in [2.24, 2.45) is 0 Å². The van der Waals surface area contributed by atoms with Crippen LogP contribution in [0.4, 0.5) is 13.2 Å². The highest BCUT2D eigenvalue weighted by molar-refractivity contribution is 6.32. The minimum Gasteiger partial charge on any atom is -0.404 e. The molecule has 2 N–H and O–H groups in total. The van der Waals surface area contributed by atoms with E-state index in [1.165, 1.54) is 18.3 Å². The van der Waals surface area contributed by atoms with Gasteiger partial charge in [-0.25, -0.2) is 4.98 Å². The van der Waals surface area contributed by atoms with E-state index in [-0.39, 0.29) is 11.6 Å². The van der Waals surface area contributed by atoms with Crippen LogP contribution >= 0.6 is 11.6 Å². The van der Waals surface area contributed by atoms with Gasteiger partial charge in [-0.1, -0.05) is 11.6 Å². The number of hydrogen-bond donors (Lipinski definition) is 2. The molecule has 0 aliphatic heterocycles. The van der Waals surface area contributed by atoms with Crippen LogP contribution in [0.25, 0.3) is 11.4 Å². The van der Waals surface area contributed by atoms with Gasteiger partial charge in [0.25, 0.3) is 0 Å². The zero-order valence-corrected chi connectivity index (χ0v) is 10.1. The lowest BCUT2D eigenvalue weighted by Crippen LogP contribution is -2.17. The molecule has 2 rings (SSSR count). The smallest absolute Gasteiger partial charge is 0.404 e. The molecule has 1 heterocycles. The lowest BCUT2D eigenvalue weighted by molar-refractivity contribution is -0.274. The fourth-order valence-electron chi connectivity index (χ4n) is 1.44. The molecule has 0 atom stereocenters. The van der Waals surface area contributed by atoms with E-state index in [4.69, 9.17) is 16.7 Å². The van der Waals surface area contributed by atoms with Crippen molar-refractivity contribution in [3.63, 3.8) is 0 Å². The first kappa shape index (κ1) is 13.7. The maximum atomic E-state index is 12.1. The fourth-order valence-corrected chi connectivity index (χ4v) is 1.66. The lowest BCUT2D eigenvalue weighted by atomic mass is 10.2. The van der Waals surface area contributed by atoms with Gasteiger partial charge in [0, 0.05) is 5.56 Å². The highest BCUT2D eigenvalue weighted by atomic mass is 35.5. The van der Waals surface area contributed by atoms with Crippen molar-refractivity contribution < 1.29 is 23.0 Å². The van der Waals surface area contributed by atoms with Crippen molar-refractivity contribution in [1.82, 2.24) is 9.97 Å². The minimum atomic E-state index is -4.79. The number of aliphatic hydroxyl groups is 1. The number of hydrogen-bond acceptors (Lipinski definition) is 3. The second kappa shape index (κ2) is 5.10. The highest BCUT2D eigenvalue weighted by Crippen LogP contribution is 2.32. The van der Waals surface area contributed by atoms with Crippen molar-refractivity contribution in [2.75, 3.05) is 0 Å². The predicted molar refractivity (Wildman–Crippen MR) is 61.6 cm³/mol. The van der Waals surface area contributed by atoms with E-state index in [0.29, 0.717) is 17.1 Å². The Kier molecular flexibility index (Phi) is 3.68. The Bertz CT molecular complexity index is 584. The Morgan fingerprint density at radius 3 is 2.63 bits per heavy atom. The quantitative estimate of drug-likeness (QED) is 0.914. The molecule has 0 spiro atoms. The molecule has 0 amide bonds. The molecule has 0 saturated heterocycles. The second-order valence-electron chi connectivity index (χ2n) is 3.61. The molecule has 0 aliphatic carbocycles. The van der Waals surface area contributed by atoms with E-state index in [9.17, 15) is 13.2 Å². The first-order valence-corrected chi connectivity index (χ1v) is 5.47. The SMILES string of the molecule is OCc1cnc(-c2ccc(OC(F)(F)F)c(Cl)c2)[nH]1. The number of benzene rings is 1. The molecule has 4 nitrogen and oxygen atoms in total. The summed E-state index contributed by atoms with van der Waals surface area (Å²) in [5.74, 6) is -0.0867. The van der Waals surface area contributed by atoms with Crippen LogP contribution in [-0.2, 0) is 6.61 Å². The number of H-pyrrole nitrogens is 1. The molecule has 0 bridgehead atoms. The highest BCUT2D eigenvalue weighted by Gasteiger charge is 2.32. The average molecular weight is 293 g/mol. The van der Waals surface area contributed by atoms with E-state index in [1.807, 2.05) is 0 Å². The van der Waals surface area contributed by atoms with Crippen LogP contribution in [0.1, 0.15) is 5.69 Å². The van der Waals surface area contributed by atoms with Gasteiger partial charge in [0.15, 0.2) is 0 Å². The van der Waals surface area contributed by atoms with Crippen molar-refractivity contribution >= 4 is 11.6 Å². The maximum Gasteiger partial charge on any atom is 0.573 e. The molecule has 8 heteroatoms. The van der Waals surface area contributed by atoms with Crippen LogP contribution in [0, 0.1) is 0 Å². The van der Waals surface area contributed by atoms with Crippen molar-refractivity contribution in [2.45, 2.75) is 13.0 Å². The van der Waals surface area contributed by atoms with Gasteiger partial charge in [-0.3, -0.25) is 0 Å². The van der Waals surface area contributed by atoms with Gasteiger partial charge in [0.05, 0.1) is 23.5 Å². The number of aromatic nitrogens is 2. The van der Waals surface area contributed by atoms with Gasteiger partial charge in [-0.15, -0.1) is 13.2 Å².